The van der Waals surface area contributed by atoms with E-state index in [4.69, 9.17) is 5.11 Å². The van der Waals surface area contributed by atoms with Crippen molar-refractivity contribution in [3.63, 3.8) is 0 Å². The van der Waals surface area contributed by atoms with Crippen molar-refractivity contribution < 1.29 is 24.9 Å². The van der Waals surface area contributed by atoms with Gasteiger partial charge in [0.25, 0.3) is 0 Å². The Hall–Kier alpha value is -2.28. The van der Waals surface area contributed by atoms with E-state index in [0.717, 1.165) is 4.90 Å². The second kappa shape index (κ2) is 6.76. The number of aromatic hydroxyl groups is 1. The summed E-state index contributed by atoms with van der Waals surface area (Å²) in [6, 6.07) is 5.09. The number of benzene rings is 1. The normalized spacial score (nSPS) is 11.8. The number of aliphatic hydroxyl groups is 1. The van der Waals surface area contributed by atoms with Crippen LogP contribution < -0.4 is 4.90 Å². The third kappa shape index (κ3) is 4.43. The number of aliphatic carboxylic acids is 1. The molecule has 20 heavy (non-hydrogen) atoms. The first-order chi connectivity index (χ1) is 9.31. The predicted octanol–water partition coefficient (Wildman–Crippen LogP) is 0.716. The molecule has 0 bridgehead atoms. The molecule has 1 rings (SSSR count). The molecule has 0 radical (unpaired) electrons. The molecule has 0 aromatic heterocycles. The molecule has 2 amide bonds. The van der Waals surface area contributed by atoms with Crippen molar-refractivity contribution in [1.82, 2.24) is 4.90 Å². The number of amides is 2. The minimum absolute atomic E-state index is 0.0220. The summed E-state index contributed by atoms with van der Waals surface area (Å²) in [6.45, 7) is 1.12. The van der Waals surface area contributed by atoms with E-state index in [2.05, 4.69) is 0 Å². The highest BCUT2D eigenvalue weighted by Gasteiger charge is 2.22. The van der Waals surface area contributed by atoms with Crippen LogP contribution in [0.4, 0.5) is 10.5 Å². The Morgan fingerprint density at radius 3 is 2.25 bits per heavy atom. The van der Waals surface area contributed by atoms with Crippen LogP contribution in [0, 0.1) is 0 Å². The Morgan fingerprint density at radius 1 is 1.25 bits per heavy atom. The number of urea groups is 1. The number of hydrogen-bond donors (Lipinski definition) is 3. The number of anilines is 1. The average molecular weight is 282 g/mol. The van der Waals surface area contributed by atoms with Crippen LogP contribution in [0.3, 0.4) is 0 Å². The van der Waals surface area contributed by atoms with Crippen molar-refractivity contribution in [3.05, 3.63) is 24.3 Å². The van der Waals surface area contributed by atoms with Crippen molar-refractivity contribution in [3.8, 4) is 5.75 Å². The van der Waals surface area contributed by atoms with Crippen molar-refractivity contribution in [1.29, 1.82) is 0 Å². The number of carbonyl (C=O) groups is 2. The maximum absolute atomic E-state index is 12.2. The standard InChI is InChI=1S/C13H18N2O5/c1-9(16)7-14(2)13(20)15(8-12(18)19)10-3-5-11(17)6-4-10/h3-6,9,16-17H,7-8H2,1-2H3,(H,18,19). The Kier molecular flexibility index (Phi) is 5.33. The molecule has 1 aromatic carbocycles. The largest absolute Gasteiger partial charge is 0.508 e. The van der Waals surface area contributed by atoms with Crippen LogP contribution in [0.15, 0.2) is 24.3 Å². The van der Waals surface area contributed by atoms with Gasteiger partial charge in [-0.1, -0.05) is 0 Å². The number of aliphatic hydroxyl groups excluding tert-OH is 1. The van der Waals surface area contributed by atoms with Crippen molar-refractivity contribution in [2.45, 2.75) is 13.0 Å². The molecule has 0 aliphatic rings. The average Bonchev–Trinajstić information content (AvgIpc) is 2.35. The lowest BCUT2D eigenvalue weighted by Gasteiger charge is -2.27. The fraction of sp³-hybridized carbons (Fsp3) is 0.385. The van der Waals surface area contributed by atoms with Gasteiger partial charge in [0.15, 0.2) is 0 Å². The monoisotopic (exact) mass is 282 g/mol. The van der Waals surface area contributed by atoms with Crippen molar-refractivity contribution in [2.75, 3.05) is 25.0 Å². The minimum atomic E-state index is -1.16. The van der Waals surface area contributed by atoms with E-state index in [1.165, 1.54) is 43.1 Å². The van der Waals surface area contributed by atoms with E-state index in [1.54, 1.807) is 0 Å². The fourth-order valence-electron chi connectivity index (χ4n) is 1.72. The summed E-state index contributed by atoms with van der Waals surface area (Å²) in [5.74, 6) is -1.13. The van der Waals surface area contributed by atoms with Gasteiger partial charge in [-0.25, -0.2) is 4.79 Å². The Balaban J connectivity index is 2.96. The van der Waals surface area contributed by atoms with Crippen LogP contribution in [-0.2, 0) is 4.79 Å². The summed E-state index contributed by atoms with van der Waals surface area (Å²) in [4.78, 5) is 25.4. The molecule has 1 unspecified atom stereocenters. The van der Waals surface area contributed by atoms with E-state index in [-0.39, 0.29) is 12.3 Å². The summed E-state index contributed by atoms with van der Waals surface area (Å²) in [5, 5.41) is 27.4. The molecule has 0 aliphatic heterocycles. The lowest BCUT2D eigenvalue weighted by molar-refractivity contribution is -0.135. The van der Waals surface area contributed by atoms with Gasteiger partial charge in [0.1, 0.15) is 12.3 Å². The number of carboxylic acids is 1. The molecule has 1 aromatic rings. The van der Waals surface area contributed by atoms with Gasteiger partial charge in [0.05, 0.1) is 6.10 Å². The molecule has 0 fully saturated rings. The van der Waals surface area contributed by atoms with Crippen LogP contribution in [-0.4, -0.2) is 58.5 Å². The number of rotatable bonds is 5. The Labute approximate surface area is 116 Å². The van der Waals surface area contributed by atoms with E-state index < -0.39 is 24.6 Å². The van der Waals surface area contributed by atoms with Gasteiger partial charge in [-0.15, -0.1) is 0 Å². The number of carbonyl (C=O) groups excluding carboxylic acids is 1. The number of phenols is 1. The predicted molar refractivity (Wildman–Crippen MR) is 72.8 cm³/mol. The molecule has 0 spiro atoms. The van der Waals surface area contributed by atoms with Crippen molar-refractivity contribution in [2.24, 2.45) is 0 Å². The van der Waals surface area contributed by atoms with Gasteiger partial charge in [-0.3, -0.25) is 9.69 Å². The van der Waals surface area contributed by atoms with E-state index in [1.807, 2.05) is 0 Å². The molecule has 7 nitrogen and oxygen atoms in total. The number of hydrogen-bond acceptors (Lipinski definition) is 4. The summed E-state index contributed by atoms with van der Waals surface area (Å²) >= 11 is 0. The van der Waals surface area contributed by atoms with Gasteiger partial charge < -0.3 is 20.2 Å². The van der Waals surface area contributed by atoms with Crippen LogP contribution >= 0.6 is 0 Å². The molecule has 0 saturated heterocycles. The molecular formula is C13H18N2O5. The maximum Gasteiger partial charge on any atom is 0.324 e. The fourth-order valence-corrected chi connectivity index (χ4v) is 1.72. The van der Waals surface area contributed by atoms with Crippen LogP contribution in [0.25, 0.3) is 0 Å². The number of phenolic OH excluding ortho intramolecular Hbond substituents is 1. The van der Waals surface area contributed by atoms with Crippen molar-refractivity contribution >= 4 is 17.7 Å². The third-order valence-electron chi connectivity index (χ3n) is 2.55. The molecule has 3 N–H and O–H groups in total. The molecule has 1 atom stereocenters. The highest BCUT2D eigenvalue weighted by molar-refractivity contribution is 5.96. The number of likely N-dealkylation sites (N-methyl/N-ethyl adjacent to an activating group) is 1. The van der Waals surface area contributed by atoms with E-state index >= 15 is 0 Å². The molecule has 7 heteroatoms. The van der Waals surface area contributed by atoms with Gasteiger partial charge in [0, 0.05) is 19.3 Å². The first-order valence-electron chi connectivity index (χ1n) is 6.02. The molecule has 110 valence electrons. The lowest BCUT2D eigenvalue weighted by atomic mass is 10.2. The highest BCUT2D eigenvalue weighted by atomic mass is 16.4. The second-order valence-corrected chi connectivity index (χ2v) is 4.51. The summed E-state index contributed by atoms with van der Waals surface area (Å²) in [5.41, 5.74) is 0.354. The topological polar surface area (TPSA) is 101 Å². The summed E-state index contributed by atoms with van der Waals surface area (Å²) in [7, 11) is 1.48. The van der Waals surface area contributed by atoms with Crippen LogP contribution in [0.2, 0.25) is 0 Å². The zero-order valence-corrected chi connectivity index (χ0v) is 11.4. The SMILES string of the molecule is CC(O)CN(C)C(=O)N(CC(=O)O)c1ccc(O)cc1. The quantitative estimate of drug-likeness (QED) is 0.738. The summed E-state index contributed by atoms with van der Waals surface area (Å²) < 4.78 is 0. The van der Waals surface area contributed by atoms with Gasteiger partial charge in [-0.05, 0) is 31.2 Å². The minimum Gasteiger partial charge on any atom is -0.508 e. The molecular weight excluding hydrogens is 264 g/mol. The second-order valence-electron chi connectivity index (χ2n) is 4.51. The van der Waals surface area contributed by atoms with Gasteiger partial charge in [-0.2, -0.15) is 0 Å². The molecule has 0 saturated carbocycles. The van der Waals surface area contributed by atoms with Crippen LogP contribution in [0.1, 0.15) is 6.92 Å². The lowest BCUT2D eigenvalue weighted by Crippen LogP contribution is -2.45. The van der Waals surface area contributed by atoms with E-state index in [9.17, 15) is 19.8 Å². The maximum atomic E-state index is 12.2. The van der Waals surface area contributed by atoms with Gasteiger partial charge in [0.2, 0.25) is 0 Å². The summed E-state index contributed by atoms with van der Waals surface area (Å²) in [6.07, 6.45) is -0.713. The molecule has 0 aliphatic carbocycles. The number of carboxylic acid groups (broad SMARTS) is 1. The molecule has 0 heterocycles. The Bertz CT molecular complexity index is 472. The smallest absolute Gasteiger partial charge is 0.324 e. The zero-order chi connectivity index (χ0) is 15.3. The third-order valence-corrected chi connectivity index (χ3v) is 2.55. The first kappa shape index (κ1) is 15.8. The first-order valence-corrected chi connectivity index (χ1v) is 6.02. The van der Waals surface area contributed by atoms with E-state index in [0.29, 0.717) is 5.69 Å². The zero-order valence-electron chi connectivity index (χ0n) is 11.4. The van der Waals surface area contributed by atoms with Gasteiger partial charge >= 0.3 is 12.0 Å². The Morgan fingerprint density at radius 2 is 1.80 bits per heavy atom. The van der Waals surface area contributed by atoms with Crippen LogP contribution in [0.5, 0.6) is 5.75 Å². The highest BCUT2D eigenvalue weighted by Crippen LogP contribution is 2.19. The number of nitrogens with zero attached hydrogens (tertiary/aromatic N) is 2.